The molecule has 1 aromatic heterocycles. The van der Waals surface area contributed by atoms with E-state index in [2.05, 4.69) is 10.3 Å². The smallest absolute Gasteiger partial charge is 0.356 e. The largest absolute Gasteiger partial charge is 0.494 e. The zero-order chi connectivity index (χ0) is 17.1. The Morgan fingerprint density at radius 2 is 1.88 bits per heavy atom. The van der Waals surface area contributed by atoms with Crippen LogP contribution < -0.4 is 10.1 Å². The number of rotatable bonds is 4. The molecule has 24 heavy (non-hydrogen) atoms. The highest BCUT2D eigenvalue weighted by Gasteiger charge is 2.15. The summed E-state index contributed by atoms with van der Waals surface area (Å²) in [6.07, 6.45) is 0. The number of ether oxygens (including phenoxy) is 2. The molecule has 0 aliphatic rings. The van der Waals surface area contributed by atoms with Crippen molar-refractivity contribution in [2.24, 2.45) is 0 Å². The van der Waals surface area contributed by atoms with Gasteiger partial charge < -0.3 is 14.8 Å². The van der Waals surface area contributed by atoms with Gasteiger partial charge in [0.25, 0.3) is 0 Å². The standard InChI is InChI=1S/C18H15FN2O3/c1-23-16-9-5-6-11-14(20-13-8-4-3-7-12(13)19)10-15(18(22)24-2)21-17(11)16/h3-10H,1-2H3,(H,20,21). The van der Waals surface area contributed by atoms with E-state index < -0.39 is 11.8 Å². The van der Waals surface area contributed by atoms with E-state index in [1.54, 1.807) is 30.3 Å². The van der Waals surface area contributed by atoms with Gasteiger partial charge in [0.2, 0.25) is 0 Å². The minimum absolute atomic E-state index is 0.105. The Morgan fingerprint density at radius 1 is 1.08 bits per heavy atom. The summed E-state index contributed by atoms with van der Waals surface area (Å²) >= 11 is 0. The van der Waals surface area contributed by atoms with Crippen LogP contribution in [0.3, 0.4) is 0 Å². The van der Waals surface area contributed by atoms with Crippen LogP contribution in [0.1, 0.15) is 10.5 Å². The highest BCUT2D eigenvalue weighted by atomic mass is 19.1. The second kappa shape index (κ2) is 6.54. The van der Waals surface area contributed by atoms with Crippen molar-refractivity contribution in [3.8, 4) is 5.75 Å². The summed E-state index contributed by atoms with van der Waals surface area (Å²) in [5.41, 5.74) is 1.42. The Labute approximate surface area is 138 Å². The zero-order valence-electron chi connectivity index (χ0n) is 13.2. The number of hydrogen-bond donors (Lipinski definition) is 1. The lowest BCUT2D eigenvalue weighted by Gasteiger charge is -2.13. The lowest BCUT2D eigenvalue weighted by molar-refractivity contribution is 0.0594. The van der Waals surface area contributed by atoms with Gasteiger partial charge in [0.15, 0.2) is 5.69 Å². The molecule has 0 radical (unpaired) electrons. The van der Waals surface area contributed by atoms with Crippen molar-refractivity contribution in [1.82, 2.24) is 4.98 Å². The lowest BCUT2D eigenvalue weighted by Crippen LogP contribution is -2.06. The third-order valence-corrected chi connectivity index (χ3v) is 3.56. The maximum atomic E-state index is 14.0. The predicted octanol–water partition coefficient (Wildman–Crippen LogP) is 3.91. The first kappa shape index (κ1) is 15.7. The summed E-state index contributed by atoms with van der Waals surface area (Å²) in [6, 6.07) is 13.2. The topological polar surface area (TPSA) is 60.5 Å². The molecule has 0 fully saturated rings. The number of carbonyl (C=O) groups is 1. The van der Waals surface area contributed by atoms with Gasteiger partial charge in [0.1, 0.15) is 17.1 Å². The molecule has 0 bridgehead atoms. The fourth-order valence-electron chi connectivity index (χ4n) is 2.41. The number of aromatic nitrogens is 1. The van der Waals surface area contributed by atoms with Crippen LogP contribution in [-0.4, -0.2) is 25.2 Å². The molecule has 3 aromatic rings. The molecule has 0 saturated heterocycles. The maximum absolute atomic E-state index is 14.0. The normalized spacial score (nSPS) is 10.5. The first-order chi connectivity index (χ1) is 11.6. The van der Waals surface area contributed by atoms with Crippen LogP contribution >= 0.6 is 0 Å². The molecule has 1 heterocycles. The number of pyridine rings is 1. The summed E-state index contributed by atoms with van der Waals surface area (Å²) < 4.78 is 24.0. The molecule has 0 amide bonds. The summed E-state index contributed by atoms with van der Waals surface area (Å²) in [5, 5.41) is 3.71. The van der Waals surface area contributed by atoms with Crippen LogP contribution in [0.5, 0.6) is 5.75 Å². The number of fused-ring (bicyclic) bond motifs is 1. The molecule has 2 aromatic carbocycles. The second-order valence-corrected chi connectivity index (χ2v) is 5.01. The predicted molar refractivity (Wildman–Crippen MR) is 89.3 cm³/mol. The molecule has 3 rings (SSSR count). The quantitative estimate of drug-likeness (QED) is 0.737. The van der Waals surface area contributed by atoms with E-state index in [9.17, 15) is 9.18 Å². The highest BCUT2D eigenvalue weighted by Crippen LogP contribution is 2.32. The van der Waals surface area contributed by atoms with E-state index in [0.717, 1.165) is 0 Å². The molecule has 0 saturated carbocycles. The number of halogens is 1. The first-order valence-corrected chi connectivity index (χ1v) is 7.21. The summed E-state index contributed by atoms with van der Waals surface area (Å²) in [5.74, 6) is -0.473. The van der Waals surface area contributed by atoms with Crippen molar-refractivity contribution in [2.75, 3.05) is 19.5 Å². The number of nitrogens with one attached hydrogen (secondary N) is 1. The van der Waals surface area contributed by atoms with Crippen LogP contribution in [0.15, 0.2) is 48.5 Å². The molecule has 0 atom stereocenters. The minimum Gasteiger partial charge on any atom is -0.494 e. The van der Waals surface area contributed by atoms with Crippen LogP contribution in [0, 0.1) is 5.82 Å². The summed E-state index contributed by atoms with van der Waals surface area (Å²) in [6.45, 7) is 0. The molecule has 0 unspecified atom stereocenters. The zero-order valence-corrected chi connectivity index (χ0v) is 13.2. The fraction of sp³-hybridized carbons (Fsp3) is 0.111. The average Bonchev–Trinajstić information content (AvgIpc) is 2.62. The van der Waals surface area contributed by atoms with Crippen molar-refractivity contribution < 1.29 is 18.7 Å². The molecule has 0 aliphatic carbocycles. The summed E-state index contributed by atoms with van der Waals surface area (Å²) in [7, 11) is 2.80. The van der Waals surface area contributed by atoms with Gasteiger partial charge in [-0.25, -0.2) is 14.2 Å². The lowest BCUT2D eigenvalue weighted by atomic mass is 10.1. The number of anilines is 2. The molecular formula is C18H15FN2O3. The van der Waals surface area contributed by atoms with E-state index in [0.29, 0.717) is 28.0 Å². The molecule has 6 heteroatoms. The number of hydrogen-bond acceptors (Lipinski definition) is 5. The number of carbonyl (C=O) groups excluding carboxylic acids is 1. The van der Waals surface area contributed by atoms with Crippen LogP contribution in [0.25, 0.3) is 10.9 Å². The van der Waals surface area contributed by atoms with E-state index in [1.165, 1.54) is 26.4 Å². The molecule has 1 N–H and O–H groups in total. The van der Waals surface area contributed by atoms with Crippen molar-refractivity contribution in [2.45, 2.75) is 0 Å². The molecule has 0 spiro atoms. The van der Waals surface area contributed by atoms with Gasteiger partial charge in [0, 0.05) is 5.39 Å². The van der Waals surface area contributed by atoms with E-state index in [-0.39, 0.29) is 5.69 Å². The van der Waals surface area contributed by atoms with Crippen LogP contribution in [0.4, 0.5) is 15.8 Å². The van der Waals surface area contributed by atoms with E-state index >= 15 is 0 Å². The number of nitrogens with zero attached hydrogens (tertiary/aromatic N) is 1. The van der Waals surface area contributed by atoms with Gasteiger partial charge >= 0.3 is 5.97 Å². The van der Waals surface area contributed by atoms with Gasteiger partial charge in [-0.1, -0.05) is 24.3 Å². The van der Waals surface area contributed by atoms with Crippen LogP contribution in [0.2, 0.25) is 0 Å². The monoisotopic (exact) mass is 326 g/mol. The van der Waals surface area contributed by atoms with E-state index in [4.69, 9.17) is 9.47 Å². The van der Waals surface area contributed by atoms with Gasteiger partial charge in [-0.15, -0.1) is 0 Å². The number of benzene rings is 2. The highest BCUT2D eigenvalue weighted by molar-refractivity contribution is 6.00. The van der Waals surface area contributed by atoms with Crippen molar-refractivity contribution in [1.29, 1.82) is 0 Å². The van der Waals surface area contributed by atoms with Crippen molar-refractivity contribution in [3.05, 3.63) is 60.0 Å². The summed E-state index contributed by atoms with van der Waals surface area (Å²) in [4.78, 5) is 16.2. The molecule has 122 valence electrons. The average molecular weight is 326 g/mol. The van der Waals surface area contributed by atoms with E-state index in [1.807, 2.05) is 6.07 Å². The SMILES string of the molecule is COC(=O)c1cc(Nc2ccccc2F)c2cccc(OC)c2n1. The fourth-order valence-corrected chi connectivity index (χ4v) is 2.41. The Hall–Kier alpha value is -3.15. The first-order valence-electron chi connectivity index (χ1n) is 7.21. The molecular weight excluding hydrogens is 311 g/mol. The second-order valence-electron chi connectivity index (χ2n) is 5.01. The Morgan fingerprint density at radius 3 is 2.58 bits per heavy atom. The number of methoxy groups -OCH3 is 2. The number of para-hydroxylation sites is 2. The van der Waals surface area contributed by atoms with Crippen LogP contribution in [-0.2, 0) is 4.74 Å². The molecule has 0 aliphatic heterocycles. The minimum atomic E-state index is -0.584. The van der Waals surface area contributed by atoms with Crippen molar-refractivity contribution >= 4 is 28.2 Å². The molecule has 5 nitrogen and oxygen atoms in total. The Balaban J connectivity index is 2.21. The number of esters is 1. The maximum Gasteiger partial charge on any atom is 0.356 e. The van der Waals surface area contributed by atoms with Gasteiger partial charge in [-0.2, -0.15) is 0 Å². The van der Waals surface area contributed by atoms with Crippen molar-refractivity contribution in [3.63, 3.8) is 0 Å². The third-order valence-electron chi connectivity index (χ3n) is 3.56. The Bertz CT molecular complexity index is 912. The van der Waals surface area contributed by atoms with Gasteiger partial charge in [-0.05, 0) is 24.3 Å². The van der Waals surface area contributed by atoms with Gasteiger partial charge in [-0.3, -0.25) is 0 Å². The van der Waals surface area contributed by atoms with Gasteiger partial charge in [0.05, 0.1) is 25.6 Å². The third kappa shape index (κ3) is 2.86. The Kier molecular flexibility index (Phi) is 4.29.